The van der Waals surface area contributed by atoms with E-state index in [1.165, 1.54) is 32.1 Å². The summed E-state index contributed by atoms with van der Waals surface area (Å²) in [5, 5.41) is 0.721. The summed E-state index contributed by atoms with van der Waals surface area (Å²) in [5.41, 5.74) is 0. The summed E-state index contributed by atoms with van der Waals surface area (Å²) in [5.74, 6) is 0.293. The van der Waals surface area contributed by atoms with Gasteiger partial charge in [0, 0.05) is 24.4 Å². The number of carbonyl (C=O) groups is 1. The molecular formula is C13H24N2OS. The van der Waals surface area contributed by atoms with Crippen molar-refractivity contribution in [2.75, 3.05) is 26.9 Å². The Balaban J connectivity index is 1.83. The molecule has 2 fully saturated rings. The van der Waals surface area contributed by atoms with Crippen molar-refractivity contribution in [2.24, 2.45) is 0 Å². The van der Waals surface area contributed by atoms with Crippen LogP contribution in [0.4, 0.5) is 0 Å². The van der Waals surface area contributed by atoms with Gasteiger partial charge in [0.2, 0.25) is 5.91 Å². The zero-order valence-corrected chi connectivity index (χ0v) is 12.0. The fourth-order valence-corrected chi connectivity index (χ4v) is 3.85. The van der Waals surface area contributed by atoms with E-state index in [0.717, 1.165) is 5.25 Å². The first kappa shape index (κ1) is 13.2. The smallest absolute Gasteiger partial charge is 0.236 e. The van der Waals surface area contributed by atoms with Crippen molar-refractivity contribution >= 4 is 17.7 Å². The predicted molar refractivity (Wildman–Crippen MR) is 73.4 cm³/mol. The largest absolute Gasteiger partial charge is 0.342 e. The highest BCUT2D eigenvalue weighted by atomic mass is 32.2. The van der Waals surface area contributed by atoms with E-state index in [1.54, 1.807) is 0 Å². The highest BCUT2D eigenvalue weighted by Crippen LogP contribution is 2.32. The van der Waals surface area contributed by atoms with Crippen LogP contribution in [0.1, 0.15) is 32.1 Å². The van der Waals surface area contributed by atoms with E-state index in [4.69, 9.17) is 0 Å². The van der Waals surface area contributed by atoms with E-state index in [2.05, 4.69) is 18.2 Å². The van der Waals surface area contributed by atoms with Crippen LogP contribution in [0, 0.1) is 0 Å². The molecule has 98 valence electrons. The molecule has 1 amide bonds. The Hall–Kier alpha value is -0.220. The molecule has 0 spiro atoms. The maximum absolute atomic E-state index is 12.1. The molecule has 0 N–H and O–H groups in total. The minimum absolute atomic E-state index is 0.293. The van der Waals surface area contributed by atoms with E-state index in [1.807, 2.05) is 23.7 Å². The van der Waals surface area contributed by atoms with Crippen molar-refractivity contribution in [2.45, 2.75) is 49.4 Å². The van der Waals surface area contributed by atoms with Crippen molar-refractivity contribution in [1.29, 1.82) is 0 Å². The number of rotatable bonds is 5. The molecule has 4 heteroatoms. The van der Waals surface area contributed by atoms with Crippen molar-refractivity contribution in [1.82, 2.24) is 9.80 Å². The highest BCUT2D eigenvalue weighted by Gasteiger charge is 2.33. The minimum atomic E-state index is 0.293. The fourth-order valence-electron chi connectivity index (χ4n) is 2.79. The summed E-state index contributed by atoms with van der Waals surface area (Å²) in [4.78, 5) is 16.3. The van der Waals surface area contributed by atoms with Gasteiger partial charge in [0.25, 0.3) is 0 Å². The molecule has 17 heavy (non-hydrogen) atoms. The topological polar surface area (TPSA) is 23.6 Å². The standard InChI is InChI=1S/C13H24N2OS/c1-14(11-5-4-6-12(11)17-3)9-13(16)15(2)10-7-8-10/h10-12H,4-9H2,1-3H3/t11-,12+/m0/s1. The zero-order chi connectivity index (χ0) is 12.4. The van der Waals surface area contributed by atoms with Crippen LogP contribution in [-0.2, 0) is 4.79 Å². The van der Waals surface area contributed by atoms with Gasteiger partial charge in [0.15, 0.2) is 0 Å². The predicted octanol–water partition coefficient (Wildman–Crippen LogP) is 1.82. The van der Waals surface area contributed by atoms with E-state index >= 15 is 0 Å². The van der Waals surface area contributed by atoms with Gasteiger partial charge in [-0.2, -0.15) is 11.8 Å². The Kier molecular flexibility index (Phi) is 4.36. The summed E-state index contributed by atoms with van der Waals surface area (Å²) in [7, 11) is 4.06. The molecule has 0 heterocycles. The molecule has 2 atom stereocenters. The highest BCUT2D eigenvalue weighted by molar-refractivity contribution is 7.99. The molecule has 0 radical (unpaired) electrons. The normalized spacial score (nSPS) is 28.7. The molecule has 2 aliphatic carbocycles. The summed E-state index contributed by atoms with van der Waals surface area (Å²) in [6.07, 6.45) is 8.46. The van der Waals surface area contributed by atoms with Crippen LogP contribution in [-0.4, -0.2) is 59.9 Å². The monoisotopic (exact) mass is 256 g/mol. The van der Waals surface area contributed by atoms with E-state index in [9.17, 15) is 4.79 Å². The molecule has 2 rings (SSSR count). The number of amides is 1. The second kappa shape index (κ2) is 5.61. The van der Waals surface area contributed by atoms with Crippen LogP contribution in [0.2, 0.25) is 0 Å². The Labute approximate surface area is 109 Å². The second-order valence-electron chi connectivity index (χ2n) is 5.42. The lowest BCUT2D eigenvalue weighted by Crippen LogP contribution is -2.44. The average Bonchev–Trinajstić information content (AvgIpc) is 3.05. The molecular weight excluding hydrogens is 232 g/mol. The van der Waals surface area contributed by atoms with E-state index in [-0.39, 0.29) is 0 Å². The maximum atomic E-state index is 12.1. The van der Waals surface area contributed by atoms with Gasteiger partial charge < -0.3 is 4.90 Å². The lowest BCUT2D eigenvalue weighted by atomic mass is 10.2. The number of thioether (sulfide) groups is 1. The summed E-state index contributed by atoms with van der Waals surface area (Å²) in [6, 6.07) is 1.14. The van der Waals surface area contributed by atoms with Gasteiger partial charge in [0.1, 0.15) is 0 Å². The van der Waals surface area contributed by atoms with Gasteiger partial charge in [-0.3, -0.25) is 9.69 Å². The number of nitrogens with zero attached hydrogens (tertiary/aromatic N) is 2. The molecule has 0 aromatic carbocycles. The number of carbonyl (C=O) groups excluding carboxylic acids is 1. The Morgan fingerprint density at radius 2 is 1.94 bits per heavy atom. The van der Waals surface area contributed by atoms with E-state index < -0.39 is 0 Å². The van der Waals surface area contributed by atoms with Crippen molar-refractivity contribution in [3.8, 4) is 0 Å². The van der Waals surface area contributed by atoms with Crippen LogP contribution in [0.5, 0.6) is 0 Å². The lowest BCUT2D eigenvalue weighted by molar-refractivity contribution is -0.131. The Bertz CT molecular complexity index is 281. The zero-order valence-electron chi connectivity index (χ0n) is 11.2. The summed E-state index contributed by atoms with van der Waals surface area (Å²) < 4.78 is 0. The van der Waals surface area contributed by atoms with Gasteiger partial charge in [-0.1, -0.05) is 6.42 Å². The lowest BCUT2D eigenvalue weighted by Gasteiger charge is -2.29. The third-order valence-electron chi connectivity index (χ3n) is 4.16. The van der Waals surface area contributed by atoms with Crippen LogP contribution in [0.3, 0.4) is 0 Å². The average molecular weight is 256 g/mol. The Morgan fingerprint density at radius 3 is 2.53 bits per heavy atom. The molecule has 0 aromatic rings. The van der Waals surface area contributed by atoms with Crippen LogP contribution in [0.15, 0.2) is 0 Å². The Morgan fingerprint density at radius 1 is 1.24 bits per heavy atom. The number of likely N-dealkylation sites (N-methyl/N-ethyl adjacent to an activating group) is 2. The van der Waals surface area contributed by atoms with Crippen LogP contribution < -0.4 is 0 Å². The van der Waals surface area contributed by atoms with E-state index in [0.29, 0.717) is 24.5 Å². The van der Waals surface area contributed by atoms with Crippen LogP contribution in [0.25, 0.3) is 0 Å². The second-order valence-corrected chi connectivity index (χ2v) is 6.50. The number of hydrogen-bond donors (Lipinski definition) is 0. The van der Waals surface area contributed by atoms with Crippen LogP contribution >= 0.6 is 11.8 Å². The molecule has 3 nitrogen and oxygen atoms in total. The first-order valence-corrected chi connectivity index (χ1v) is 7.91. The molecule has 0 bridgehead atoms. The third-order valence-corrected chi connectivity index (χ3v) is 5.31. The quantitative estimate of drug-likeness (QED) is 0.750. The summed E-state index contributed by atoms with van der Waals surface area (Å²) in [6.45, 7) is 0.592. The van der Waals surface area contributed by atoms with Gasteiger partial charge >= 0.3 is 0 Å². The summed E-state index contributed by atoms with van der Waals surface area (Å²) >= 11 is 1.96. The minimum Gasteiger partial charge on any atom is -0.342 e. The molecule has 0 saturated heterocycles. The molecule has 2 aliphatic rings. The molecule has 2 saturated carbocycles. The third kappa shape index (κ3) is 3.16. The number of hydrogen-bond acceptors (Lipinski definition) is 3. The molecule has 0 unspecified atom stereocenters. The van der Waals surface area contributed by atoms with Gasteiger partial charge in [-0.25, -0.2) is 0 Å². The molecule has 0 aliphatic heterocycles. The van der Waals surface area contributed by atoms with Crippen molar-refractivity contribution in [3.63, 3.8) is 0 Å². The van der Waals surface area contributed by atoms with Crippen molar-refractivity contribution in [3.05, 3.63) is 0 Å². The maximum Gasteiger partial charge on any atom is 0.236 e. The van der Waals surface area contributed by atoms with Gasteiger partial charge in [0.05, 0.1) is 6.54 Å². The SMILES string of the molecule is CS[C@@H]1CCC[C@@H]1N(C)CC(=O)N(C)C1CC1. The van der Waals surface area contributed by atoms with Crippen molar-refractivity contribution < 1.29 is 4.79 Å². The fraction of sp³-hybridized carbons (Fsp3) is 0.923. The first-order chi connectivity index (χ1) is 8.13. The first-order valence-electron chi connectivity index (χ1n) is 6.62. The van der Waals surface area contributed by atoms with Gasteiger partial charge in [-0.15, -0.1) is 0 Å². The molecule has 0 aromatic heterocycles. The van der Waals surface area contributed by atoms with Gasteiger partial charge in [-0.05, 0) is 39.0 Å².